The number of benzene rings is 2. The molecule has 1 heterocycles. The molecule has 0 fully saturated rings. The molecule has 0 bridgehead atoms. The average Bonchev–Trinajstić information content (AvgIpc) is 2.51. The molecule has 2 aromatic carbocycles. The van der Waals surface area contributed by atoms with E-state index in [0.29, 0.717) is 32.9 Å². The van der Waals surface area contributed by atoms with E-state index in [2.05, 4.69) is 4.98 Å². The second-order valence-electron chi connectivity index (χ2n) is 5.54. The summed E-state index contributed by atoms with van der Waals surface area (Å²) in [6.07, 6.45) is 0. The lowest BCUT2D eigenvalue weighted by Gasteiger charge is -2.12. The number of halogens is 1. The number of carbonyl (C=O) groups is 1. The van der Waals surface area contributed by atoms with Gasteiger partial charge in [-0.15, -0.1) is 0 Å². The summed E-state index contributed by atoms with van der Waals surface area (Å²) in [5.74, 6) is 0.323. The number of fused-ring (bicyclic) bond motifs is 1. The van der Waals surface area contributed by atoms with Gasteiger partial charge >= 0.3 is 0 Å². The summed E-state index contributed by atoms with van der Waals surface area (Å²) in [7, 11) is 1.66. The molecule has 0 unspecified atom stereocenters. The van der Waals surface area contributed by atoms with Crippen molar-refractivity contribution in [3.05, 3.63) is 62.9 Å². The van der Waals surface area contributed by atoms with Crippen molar-refractivity contribution in [2.24, 2.45) is 7.05 Å². The fourth-order valence-corrected chi connectivity index (χ4v) is 2.89. The van der Waals surface area contributed by atoms with E-state index < -0.39 is 0 Å². The fraction of sp³-hybridized carbons (Fsp3) is 0.167. The van der Waals surface area contributed by atoms with Crippen LogP contribution in [-0.2, 0) is 7.05 Å². The molecule has 0 atom stereocenters. The maximum absolute atomic E-state index is 12.7. The molecule has 0 spiro atoms. The van der Waals surface area contributed by atoms with Crippen molar-refractivity contribution in [3.8, 4) is 11.4 Å². The number of nitrogens with zero attached hydrogens (tertiary/aromatic N) is 2. The van der Waals surface area contributed by atoms with E-state index in [1.807, 2.05) is 19.1 Å². The first-order chi connectivity index (χ1) is 10.9. The van der Waals surface area contributed by atoms with Gasteiger partial charge in [0.05, 0.1) is 15.9 Å². The van der Waals surface area contributed by atoms with Crippen molar-refractivity contribution in [1.82, 2.24) is 9.55 Å². The normalized spacial score (nSPS) is 11.0. The molecule has 0 radical (unpaired) electrons. The zero-order valence-electron chi connectivity index (χ0n) is 13.1. The van der Waals surface area contributed by atoms with E-state index >= 15 is 0 Å². The summed E-state index contributed by atoms with van der Waals surface area (Å²) in [5, 5.41) is 0.944. The Hall–Kier alpha value is -2.46. The molecule has 0 aliphatic rings. The number of aromatic nitrogens is 2. The Bertz CT molecular complexity index is 1010. The van der Waals surface area contributed by atoms with Crippen LogP contribution in [0.25, 0.3) is 22.3 Å². The molecule has 5 heteroatoms. The summed E-state index contributed by atoms with van der Waals surface area (Å²) in [4.78, 5) is 29.3. The third-order valence-corrected chi connectivity index (χ3v) is 4.15. The van der Waals surface area contributed by atoms with E-state index in [1.54, 1.807) is 31.3 Å². The number of hydrogen-bond acceptors (Lipinski definition) is 3. The Morgan fingerprint density at radius 3 is 2.57 bits per heavy atom. The topological polar surface area (TPSA) is 52.0 Å². The van der Waals surface area contributed by atoms with Crippen molar-refractivity contribution < 1.29 is 4.79 Å². The standard InChI is InChI=1S/C18H15ClN2O2/c1-10-8-13(11(2)22)16-14(9-10)18(23)21(3)17(20-16)12-6-4-5-7-15(12)19/h4-9H,1-3H3. The van der Waals surface area contributed by atoms with Crippen molar-refractivity contribution in [1.29, 1.82) is 0 Å². The van der Waals surface area contributed by atoms with Crippen LogP contribution in [-0.4, -0.2) is 15.3 Å². The fourth-order valence-electron chi connectivity index (χ4n) is 2.67. The van der Waals surface area contributed by atoms with Gasteiger partial charge in [0, 0.05) is 18.2 Å². The van der Waals surface area contributed by atoms with Gasteiger partial charge < -0.3 is 0 Å². The van der Waals surface area contributed by atoms with Gasteiger partial charge in [-0.25, -0.2) is 4.98 Å². The van der Waals surface area contributed by atoms with Crippen LogP contribution in [0.4, 0.5) is 0 Å². The molecule has 0 saturated carbocycles. The quantitative estimate of drug-likeness (QED) is 0.674. The Morgan fingerprint density at radius 1 is 1.22 bits per heavy atom. The highest BCUT2D eigenvalue weighted by molar-refractivity contribution is 6.33. The largest absolute Gasteiger partial charge is 0.295 e. The maximum Gasteiger partial charge on any atom is 0.261 e. The van der Waals surface area contributed by atoms with Crippen LogP contribution >= 0.6 is 11.6 Å². The molecule has 4 nitrogen and oxygen atoms in total. The van der Waals surface area contributed by atoms with Crippen molar-refractivity contribution in [3.63, 3.8) is 0 Å². The molecule has 23 heavy (non-hydrogen) atoms. The van der Waals surface area contributed by atoms with Crippen LogP contribution in [0.3, 0.4) is 0 Å². The number of ketones is 1. The van der Waals surface area contributed by atoms with Gasteiger partial charge in [0.25, 0.3) is 5.56 Å². The monoisotopic (exact) mass is 326 g/mol. The summed E-state index contributed by atoms with van der Waals surface area (Å²) in [6, 6.07) is 10.7. The summed E-state index contributed by atoms with van der Waals surface area (Å²) in [5.41, 5.74) is 2.18. The third kappa shape index (κ3) is 2.55. The molecule has 116 valence electrons. The van der Waals surface area contributed by atoms with Gasteiger partial charge in [-0.2, -0.15) is 0 Å². The average molecular weight is 327 g/mol. The molecule has 1 aromatic heterocycles. The zero-order chi connectivity index (χ0) is 16.7. The number of Topliss-reactive ketones (excluding diaryl/α,β-unsaturated/α-hetero) is 1. The zero-order valence-corrected chi connectivity index (χ0v) is 13.8. The van der Waals surface area contributed by atoms with E-state index in [0.717, 1.165) is 5.56 Å². The Kier molecular flexibility index (Phi) is 3.78. The lowest BCUT2D eigenvalue weighted by molar-refractivity contribution is 0.101. The summed E-state index contributed by atoms with van der Waals surface area (Å²) < 4.78 is 1.47. The van der Waals surface area contributed by atoms with E-state index in [-0.39, 0.29) is 11.3 Å². The minimum atomic E-state index is -0.198. The van der Waals surface area contributed by atoms with Crippen LogP contribution in [0.15, 0.2) is 41.2 Å². The third-order valence-electron chi connectivity index (χ3n) is 3.82. The summed E-state index contributed by atoms with van der Waals surface area (Å²) >= 11 is 6.24. The highest BCUT2D eigenvalue weighted by Gasteiger charge is 2.16. The van der Waals surface area contributed by atoms with Gasteiger partial charge in [-0.3, -0.25) is 14.2 Å². The Morgan fingerprint density at radius 2 is 1.91 bits per heavy atom. The maximum atomic E-state index is 12.7. The minimum absolute atomic E-state index is 0.121. The van der Waals surface area contributed by atoms with Gasteiger partial charge in [0.1, 0.15) is 5.82 Å². The number of hydrogen-bond donors (Lipinski definition) is 0. The molecule has 0 saturated heterocycles. The Labute approximate surface area is 138 Å². The van der Waals surface area contributed by atoms with Gasteiger partial charge in [0.2, 0.25) is 0 Å². The smallest absolute Gasteiger partial charge is 0.261 e. The minimum Gasteiger partial charge on any atom is -0.295 e. The first-order valence-corrected chi connectivity index (χ1v) is 7.55. The van der Waals surface area contributed by atoms with Crippen LogP contribution in [0.2, 0.25) is 5.02 Å². The SMILES string of the molecule is CC(=O)c1cc(C)cc2c(=O)n(C)c(-c3ccccc3Cl)nc12. The van der Waals surface area contributed by atoms with Crippen molar-refractivity contribution in [2.45, 2.75) is 13.8 Å². The van der Waals surface area contributed by atoms with Gasteiger partial charge in [-0.05, 0) is 43.7 Å². The van der Waals surface area contributed by atoms with Crippen LogP contribution in [0.5, 0.6) is 0 Å². The van der Waals surface area contributed by atoms with Crippen LogP contribution < -0.4 is 5.56 Å². The lowest BCUT2D eigenvalue weighted by atomic mass is 10.0. The van der Waals surface area contributed by atoms with E-state index in [1.165, 1.54) is 11.5 Å². The van der Waals surface area contributed by atoms with Crippen LogP contribution in [0.1, 0.15) is 22.8 Å². The second-order valence-corrected chi connectivity index (χ2v) is 5.95. The lowest BCUT2D eigenvalue weighted by Crippen LogP contribution is -2.21. The first kappa shape index (κ1) is 15.4. The van der Waals surface area contributed by atoms with E-state index in [4.69, 9.17) is 11.6 Å². The number of aryl methyl sites for hydroxylation is 1. The molecular weight excluding hydrogens is 312 g/mol. The van der Waals surface area contributed by atoms with Crippen LogP contribution in [0, 0.1) is 6.92 Å². The van der Waals surface area contributed by atoms with Gasteiger partial charge in [0.15, 0.2) is 5.78 Å². The predicted octanol–water partition coefficient (Wildman–Crippen LogP) is 3.76. The van der Waals surface area contributed by atoms with Gasteiger partial charge in [-0.1, -0.05) is 23.7 Å². The molecule has 3 aromatic rings. The number of carbonyl (C=O) groups excluding carboxylic acids is 1. The molecule has 0 N–H and O–H groups in total. The number of rotatable bonds is 2. The predicted molar refractivity (Wildman–Crippen MR) is 92.2 cm³/mol. The molecule has 3 rings (SSSR count). The molecule has 0 amide bonds. The highest BCUT2D eigenvalue weighted by Crippen LogP contribution is 2.27. The second kappa shape index (κ2) is 5.63. The first-order valence-electron chi connectivity index (χ1n) is 7.17. The Balaban J connectivity index is 2.48. The van der Waals surface area contributed by atoms with Crippen molar-refractivity contribution >= 4 is 28.3 Å². The molecule has 0 aliphatic heterocycles. The highest BCUT2D eigenvalue weighted by atomic mass is 35.5. The summed E-state index contributed by atoms with van der Waals surface area (Å²) in [6.45, 7) is 3.33. The molecule has 0 aliphatic carbocycles. The molecular formula is C18H15ClN2O2. The van der Waals surface area contributed by atoms with Crippen molar-refractivity contribution in [2.75, 3.05) is 0 Å². The van der Waals surface area contributed by atoms with E-state index in [9.17, 15) is 9.59 Å².